The third-order valence-electron chi connectivity index (χ3n) is 4.25. The fourth-order valence-corrected chi connectivity index (χ4v) is 2.81. The summed E-state index contributed by atoms with van der Waals surface area (Å²) in [7, 11) is 1.66. The molecule has 0 unspecified atom stereocenters. The van der Waals surface area contributed by atoms with Crippen LogP contribution >= 0.6 is 0 Å². The van der Waals surface area contributed by atoms with Crippen LogP contribution in [-0.2, 0) is 0 Å². The summed E-state index contributed by atoms with van der Waals surface area (Å²) in [5.74, 6) is 2.49. The van der Waals surface area contributed by atoms with Crippen LogP contribution in [0.25, 0.3) is 33.8 Å². The quantitative estimate of drug-likeness (QED) is 0.593. The van der Waals surface area contributed by atoms with E-state index in [1.807, 2.05) is 44.2 Å². The molecule has 5 nitrogen and oxygen atoms in total. The summed E-state index contributed by atoms with van der Waals surface area (Å²) in [6.07, 6.45) is 0. The molecule has 2 aromatic heterocycles. The standard InChI is InChI=1S/C19H18N4O/c1-11-12(2)21-18(20-11)14-6-4-5-7-15(14)19-22-16-9-8-13(24-3)10-17(16)23-19/h4-10H,1-3H3,(H,20,21)(H,22,23). The number of nitrogens with one attached hydrogen (secondary N) is 2. The molecule has 0 atom stereocenters. The number of aromatic amines is 2. The fourth-order valence-electron chi connectivity index (χ4n) is 2.81. The van der Waals surface area contributed by atoms with Gasteiger partial charge in [0.15, 0.2) is 0 Å². The molecular weight excluding hydrogens is 300 g/mol. The summed E-state index contributed by atoms with van der Waals surface area (Å²) in [5, 5.41) is 0. The molecule has 120 valence electrons. The second-order valence-electron chi connectivity index (χ2n) is 5.81. The van der Waals surface area contributed by atoms with Crippen molar-refractivity contribution < 1.29 is 4.74 Å². The summed E-state index contributed by atoms with van der Waals surface area (Å²) in [6, 6.07) is 14.0. The molecule has 0 saturated carbocycles. The second kappa shape index (κ2) is 5.53. The third-order valence-corrected chi connectivity index (χ3v) is 4.25. The molecule has 0 aliphatic heterocycles. The number of benzene rings is 2. The van der Waals surface area contributed by atoms with E-state index in [1.165, 1.54) is 0 Å². The van der Waals surface area contributed by atoms with Gasteiger partial charge in [-0.3, -0.25) is 0 Å². The first-order valence-corrected chi connectivity index (χ1v) is 7.82. The van der Waals surface area contributed by atoms with Gasteiger partial charge in [0, 0.05) is 22.9 Å². The molecule has 2 heterocycles. The number of aryl methyl sites for hydroxylation is 2. The molecule has 24 heavy (non-hydrogen) atoms. The lowest BCUT2D eigenvalue weighted by molar-refractivity contribution is 0.415. The zero-order valence-electron chi connectivity index (χ0n) is 13.8. The lowest BCUT2D eigenvalue weighted by Crippen LogP contribution is -1.88. The molecule has 0 aliphatic carbocycles. The van der Waals surface area contributed by atoms with Gasteiger partial charge in [-0.2, -0.15) is 0 Å². The fraction of sp³-hybridized carbons (Fsp3) is 0.158. The maximum Gasteiger partial charge on any atom is 0.139 e. The molecule has 0 radical (unpaired) electrons. The molecule has 0 spiro atoms. The monoisotopic (exact) mass is 318 g/mol. The van der Waals surface area contributed by atoms with Crippen LogP contribution in [0.2, 0.25) is 0 Å². The van der Waals surface area contributed by atoms with Gasteiger partial charge in [0.05, 0.1) is 23.8 Å². The number of methoxy groups -OCH3 is 1. The highest BCUT2D eigenvalue weighted by atomic mass is 16.5. The normalized spacial score (nSPS) is 11.1. The number of hydrogen-bond donors (Lipinski definition) is 2. The Kier molecular flexibility index (Phi) is 3.34. The van der Waals surface area contributed by atoms with E-state index in [-0.39, 0.29) is 0 Å². The summed E-state index contributed by atoms with van der Waals surface area (Å²) >= 11 is 0. The van der Waals surface area contributed by atoms with E-state index in [9.17, 15) is 0 Å². The van der Waals surface area contributed by atoms with E-state index in [2.05, 4.69) is 27.1 Å². The Labute approximate surface area is 139 Å². The van der Waals surface area contributed by atoms with Crippen LogP contribution in [-0.4, -0.2) is 27.0 Å². The Morgan fingerprint density at radius 3 is 2.21 bits per heavy atom. The van der Waals surface area contributed by atoms with Gasteiger partial charge < -0.3 is 14.7 Å². The SMILES string of the molecule is COc1ccc2nc(-c3ccccc3-c3nc(C)c(C)[nH]3)[nH]c2c1. The van der Waals surface area contributed by atoms with Crippen molar-refractivity contribution in [3.05, 3.63) is 53.9 Å². The Balaban J connectivity index is 1.88. The van der Waals surface area contributed by atoms with Crippen molar-refractivity contribution in [1.29, 1.82) is 0 Å². The van der Waals surface area contributed by atoms with Crippen LogP contribution in [0.15, 0.2) is 42.5 Å². The van der Waals surface area contributed by atoms with Gasteiger partial charge in [0.1, 0.15) is 17.4 Å². The van der Waals surface area contributed by atoms with E-state index in [0.29, 0.717) is 0 Å². The predicted molar refractivity (Wildman–Crippen MR) is 95.1 cm³/mol. The number of rotatable bonds is 3. The minimum atomic E-state index is 0.809. The average molecular weight is 318 g/mol. The van der Waals surface area contributed by atoms with Crippen LogP contribution in [0.3, 0.4) is 0 Å². The molecular formula is C19H18N4O. The highest BCUT2D eigenvalue weighted by Crippen LogP contribution is 2.31. The van der Waals surface area contributed by atoms with Crippen molar-refractivity contribution >= 4 is 11.0 Å². The third kappa shape index (κ3) is 2.34. The lowest BCUT2D eigenvalue weighted by atomic mass is 10.1. The maximum absolute atomic E-state index is 5.28. The van der Waals surface area contributed by atoms with Crippen LogP contribution in [0, 0.1) is 13.8 Å². The van der Waals surface area contributed by atoms with E-state index in [1.54, 1.807) is 7.11 Å². The average Bonchev–Trinajstić information content (AvgIpc) is 3.17. The van der Waals surface area contributed by atoms with Crippen molar-refractivity contribution in [2.24, 2.45) is 0 Å². The van der Waals surface area contributed by atoms with Crippen molar-refractivity contribution in [2.45, 2.75) is 13.8 Å². The maximum atomic E-state index is 5.28. The Hall–Kier alpha value is -3.08. The van der Waals surface area contributed by atoms with Crippen LogP contribution in [0.4, 0.5) is 0 Å². The van der Waals surface area contributed by atoms with Crippen LogP contribution in [0.5, 0.6) is 5.75 Å². The number of fused-ring (bicyclic) bond motifs is 1. The van der Waals surface area contributed by atoms with E-state index in [0.717, 1.165) is 50.9 Å². The molecule has 2 aromatic carbocycles. The minimum absolute atomic E-state index is 0.809. The minimum Gasteiger partial charge on any atom is -0.497 e. The Morgan fingerprint density at radius 2 is 1.58 bits per heavy atom. The molecule has 2 N–H and O–H groups in total. The number of H-pyrrole nitrogens is 2. The molecule has 0 saturated heterocycles. The number of hydrogen-bond acceptors (Lipinski definition) is 3. The van der Waals surface area contributed by atoms with Gasteiger partial charge in [0.25, 0.3) is 0 Å². The van der Waals surface area contributed by atoms with Crippen LogP contribution < -0.4 is 4.74 Å². The summed E-state index contributed by atoms with van der Waals surface area (Å²) in [6.45, 7) is 4.04. The van der Waals surface area contributed by atoms with Gasteiger partial charge in [-0.25, -0.2) is 9.97 Å². The number of nitrogens with zero attached hydrogens (tertiary/aromatic N) is 2. The molecule has 0 amide bonds. The Morgan fingerprint density at radius 1 is 0.875 bits per heavy atom. The van der Waals surface area contributed by atoms with Gasteiger partial charge >= 0.3 is 0 Å². The van der Waals surface area contributed by atoms with E-state index in [4.69, 9.17) is 9.72 Å². The number of aromatic nitrogens is 4. The lowest BCUT2D eigenvalue weighted by Gasteiger charge is -2.04. The molecule has 4 rings (SSSR count). The molecule has 4 aromatic rings. The number of imidazole rings is 2. The molecule has 0 bridgehead atoms. The first-order valence-electron chi connectivity index (χ1n) is 7.82. The first-order chi connectivity index (χ1) is 11.7. The summed E-state index contributed by atoms with van der Waals surface area (Å²) in [5.41, 5.74) is 5.99. The van der Waals surface area contributed by atoms with Gasteiger partial charge in [0.2, 0.25) is 0 Å². The van der Waals surface area contributed by atoms with Crippen molar-refractivity contribution in [2.75, 3.05) is 7.11 Å². The van der Waals surface area contributed by atoms with E-state index < -0.39 is 0 Å². The predicted octanol–water partition coefficient (Wildman–Crippen LogP) is 4.25. The van der Waals surface area contributed by atoms with Crippen molar-refractivity contribution in [3.8, 4) is 28.5 Å². The molecule has 0 aliphatic rings. The second-order valence-corrected chi connectivity index (χ2v) is 5.81. The smallest absolute Gasteiger partial charge is 0.139 e. The van der Waals surface area contributed by atoms with Gasteiger partial charge in [-0.1, -0.05) is 24.3 Å². The van der Waals surface area contributed by atoms with Crippen molar-refractivity contribution in [3.63, 3.8) is 0 Å². The van der Waals surface area contributed by atoms with Crippen molar-refractivity contribution in [1.82, 2.24) is 19.9 Å². The van der Waals surface area contributed by atoms with Gasteiger partial charge in [-0.15, -0.1) is 0 Å². The zero-order chi connectivity index (χ0) is 16.7. The molecule has 5 heteroatoms. The van der Waals surface area contributed by atoms with E-state index >= 15 is 0 Å². The topological polar surface area (TPSA) is 66.6 Å². The summed E-state index contributed by atoms with van der Waals surface area (Å²) in [4.78, 5) is 16.1. The first kappa shape index (κ1) is 14.5. The summed E-state index contributed by atoms with van der Waals surface area (Å²) < 4.78 is 5.28. The van der Waals surface area contributed by atoms with Crippen LogP contribution in [0.1, 0.15) is 11.4 Å². The zero-order valence-corrected chi connectivity index (χ0v) is 13.8. The van der Waals surface area contributed by atoms with Gasteiger partial charge in [-0.05, 0) is 26.0 Å². The Bertz CT molecular complexity index is 1010. The largest absolute Gasteiger partial charge is 0.497 e. The molecule has 0 fully saturated rings. The number of ether oxygens (including phenoxy) is 1. The highest BCUT2D eigenvalue weighted by molar-refractivity contribution is 5.85. The highest BCUT2D eigenvalue weighted by Gasteiger charge is 2.14.